The Bertz CT molecular complexity index is 704. The Kier molecular flexibility index (Phi) is 3.61. The number of rotatable bonds is 2. The Hall–Kier alpha value is -2.95. The lowest BCUT2D eigenvalue weighted by Crippen LogP contribution is -2.22. The molecular formula is C12H9F2N5O. The van der Waals surface area contributed by atoms with E-state index in [1.165, 1.54) is 17.9 Å². The largest absolute Gasteiger partial charge is 0.324 e. The van der Waals surface area contributed by atoms with E-state index in [4.69, 9.17) is 5.26 Å². The molecule has 0 aliphatic carbocycles. The van der Waals surface area contributed by atoms with E-state index in [-0.39, 0.29) is 17.1 Å². The minimum absolute atomic E-state index is 0.169. The van der Waals surface area contributed by atoms with Crippen molar-refractivity contribution in [3.63, 3.8) is 0 Å². The van der Waals surface area contributed by atoms with E-state index in [1.807, 2.05) is 6.07 Å². The molecule has 1 heterocycles. The summed E-state index contributed by atoms with van der Waals surface area (Å²) in [6, 6.07) is 3.85. The predicted octanol–water partition coefficient (Wildman–Crippen LogP) is 2.21. The maximum absolute atomic E-state index is 13.4. The van der Waals surface area contributed by atoms with Gasteiger partial charge >= 0.3 is 6.03 Å². The van der Waals surface area contributed by atoms with Crippen molar-refractivity contribution in [2.75, 3.05) is 10.6 Å². The van der Waals surface area contributed by atoms with E-state index in [0.717, 1.165) is 12.1 Å². The average molecular weight is 277 g/mol. The van der Waals surface area contributed by atoms with Gasteiger partial charge in [-0.1, -0.05) is 0 Å². The van der Waals surface area contributed by atoms with Crippen molar-refractivity contribution < 1.29 is 13.6 Å². The molecule has 20 heavy (non-hydrogen) atoms. The molecular weight excluding hydrogens is 268 g/mol. The molecule has 0 saturated heterocycles. The van der Waals surface area contributed by atoms with Crippen LogP contribution in [0.1, 0.15) is 5.56 Å². The number of halogens is 2. The van der Waals surface area contributed by atoms with E-state index in [1.54, 1.807) is 0 Å². The molecule has 1 aromatic heterocycles. The van der Waals surface area contributed by atoms with Gasteiger partial charge < -0.3 is 5.32 Å². The lowest BCUT2D eigenvalue weighted by atomic mass is 10.3. The summed E-state index contributed by atoms with van der Waals surface area (Å²) in [5.74, 6) is -1.47. The number of carbonyl (C=O) groups excluding carboxylic acids is 1. The highest BCUT2D eigenvalue weighted by atomic mass is 19.1. The van der Waals surface area contributed by atoms with Crippen LogP contribution in [0.5, 0.6) is 0 Å². The third-order valence-corrected chi connectivity index (χ3v) is 2.47. The number of anilines is 2. The van der Waals surface area contributed by atoms with Crippen LogP contribution >= 0.6 is 0 Å². The summed E-state index contributed by atoms with van der Waals surface area (Å²) in [5.41, 5.74) is -0.00759. The molecule has 8 heteroatoms. The van der Waals surface area contributed by atoms with Gasteiger partial charge in [0.2, 0.25) is 0 Å². The molecule has 0 aliphatic heterocycles. The summed E-state index contributed by atoms with van der Waals surface area (Å²) in [6.45, 7) is 0. The SMILES string of the molecule is Cn1ncc(C#N)c1NC(=O)Nc1ccc(F)cc1F. The van der Waals surface area contributed by atoms with E-state index in [0.29, 0.717) is 6.07 Å². The molecule has 2 rings (SSSR count). The van der Waals surface area contributed by atoms with Crippen LogP contribution in [0.15, 0.2) is 24.4 Å². The number of amides is 2. The van der Waals surface area contributed by atoms with Crippen LogP contribution in [-0.4, -0.2) is 15.8 Å². The Labute approximate surface area is 112 Å². The monoisotopic (exact) mass is 277 g/mol. The number of hydrogen-bond acceptors (Lipinski definition) is 3. The minimum Gasteiger partial charge on any atom is -0.305 e. The van der Waals surface area contributed by atoms with Crippen LogP contribution in [0.4, 0.5) is 25.1 Å². The number of carbonyl (C=O) groups is 1. The van der Waals surface area contributed by atoms with E-state index < -0.39 is 17.7 Å². The second-order valence-corrected chi connectivity index (χ2v) is 3.85. The molecule has 1 aromatic carbocycles. The number of nitrogens with one attached hydrogen (secondary N) is 2. The highest BCUT2D eigenvalue weighted by molar-refractivity contribution is 5.99. The third-order valence-electron chi connectivity index (χ3n) is 2.47. The lowest BCUT2D eigenvalue weighted by molar-refractivity contribution is 0.262. The number of benzene rings is 1. The number of aromatic nitrogens is 2. The zero-order valence-electron chi connectivity index (χ0n) is 10.3. The van der Waals surface area contributed by atoms with Crippen molar-refractivity contribution in [3.05, 3.63) is 41.6 Å². The number of nitrogens with zero attached hydrogens (tertiary/aromatic N) is 3. The van der Waals surface area contributed by atoms with Crippen LogP contribution < -0.4 is 10.6 Å². The molecule has 0 unspecified atom stereocenters. The summed E-state index contributed by atoms with van der Waals surface area (Å²) in [4.78, 5) is 11.7. The van der Waals surface area contributed by atoms with E-state index in [2.05, 4.69) is 15.7 Å². The normalized spacial score (nSPS) is 9.90. The summed E-state index contributed by atoms with van der Waals surface area (Å²) in [6.07, 6.45) is 1.29. The summed E-state index contributed by atoms with van der Waals surface area (Å²) < 4.78 is 27.4. The molecule has 0 aliphatic rings. The summed E-state index contributed by atoms with van der Waals surface area (Å²) in [5, 5.41) is 17.2. The van der Waals surface area contributed by atoms with Crippen LogP contribution in [-0.2, 0) is 7.05 Å². The molecule has 0 bridgehead atoms. The molecule has 0 fully saturated rings. The van der Waals surface area contributed by atoms with Crippen LogP contribution in [0.25, 0.3) is 0 Å². The lowest BCUT2D eigenvalue weighted by Gasteiger charge is -2.08. The first-order chi connectivity index (χ1) is 9.51. The number of nitriles is 1. The Morgan fingerprint density at radius 1 is 1.40 bits per heavy atom. The van der Waals surface area contributed by atoms with Gasteiger partial charge in [-0.25, -0.2) is 13.6 Å². The van der Waals surface area contributed by atoms with Crippen molar-refractivity contribution in [1.82, 2.24) is 9.78 Å². The maximum Gasteiger partial charge on any atom is 0.324 e. The molecule has 0 atom stereocenters. The van der Waals surface area contributed by atoms with Crippen molar-refractivity contribution in [1.29, 1.82) is 5.26 Å². The van der Waals surface area contributed by atoms with Gasteiger partial charge in [0.15, 0.2) is 0 Å². The van der Waals surface area contributed by atoms with Crippen molar-refractivity contribution >= 4 is 17.5 Å². The molecule has 2 aromatic rings. The molecule has 0 saturated carbocycles. The van der Waals surface area contributed by atoms with Gasteiger partial charge in [0, 0.05) is 13.1 Å². The third kappa shape index (κ3) is 2.72. The van der Waals surface area contributed by atoms with Gasteiger partial charge in [-0.15, -0.1) is 0 Å². The molecule has 2 N–H and O–H groups in total. The van der Waals surface area contributed by atoms with Crippen LogP contribution in [0, 0.1) is 23.0 Å². The Morgan fingerprint density at radius 3 is 2.80 bits per heavy atom. The predicted molar refractivity (Wildman–Crippen MR) is 66.9 cm³/mol. The van der Waals surface area contributed by atoms with Gasteiger partial charge in [0.05, 0.1) is 11.9 Å². The summed E-state index contributed by atoms with van der Waals surface area (Å²) >= 11 is 0. The van der Waals surface area contributed by atoms with Gasteiger partial charge in [0.1, 0.15) is 29.1 Å². The smallest absolute Gasteiger partial charge is 0.305 e. The maximum atomic E-state index is 13.4. The number of hydrogen-bond donors (Lipinski definition) is 2. The molecule has 102 valence electrons. The summed E-state index contributed by atoms with van der Waals surface area (Å²) in [7, 11) is 1.54. The van der Waals surface area contributed by atoms with E-state index >= 15 is 0 Å². The average Bonchev–Trinajstić information content (AvgIpc) is 2.74. The zero-order valence-corrected chi connectivity index (χ0v) is 10.3. The topological polar surface area (TPSA) is 82.7 Å². The fourth-order valence-corrected chi connectivity index (χ4v) is 1.52. The van der Waals surface area contributed by atoms with Gasteiger partial charge in [-0.05, 0) is 12.1 Å². The highest BCUT2D eigenvalue weighted by Crippen LogP contribution is 2.16. The number of urea groups is 1. The van der Waals surface area contributed by atoms with Gasteiger partial charge in [-0.3, -0.25) is 10.00 Å². The van der Waals surface area contributed by atoms with Crippen LogP contribution in [0.2, 0.25) is 0 Å². The standard InChI is InChI=1S/C12H9F2N5O/c1-19-11(7(5-15)6-16-19)18-12(20)17-10-3-2-8(13)4-9(10)14/h2-4,6H,1H3,(H2,17,18,20). The molecule has 0 radical (unpaired) electrons. The molecule has 6 nitrogen and oxygen atoms in total. The second-order valence-electron chi connectivity index (χ2n) is 3.85. The first kappa shape index (κ1) is 13.5. The Balaban J connectivity index is 2.13. The fraction of sp³-hybridized carbons (Fsp3) is 0.0833. The number of aryl methyl sites for hydroxylation is 1. The first-order valence-corrected chi connectivity index (χ1v) is 5.46. The highest BCUT2D eigenvalue weighted by Gasteiger charge is 2.13. The Morgan fingerprint density at radius 2 is 2.15 bits per heavy atom. The zero-order chi connectivity index (χ0) is 14.7. The quantitative estimate of drug-likeness (QED) is 0.882. The van der Waals surface area contributed by atoms with Crippen molar-refractivity contribution in [2.45, 2.75) is 0 Å². The van der Waals surface area contributed by atoms with E-state index in [9.17, 15) is 13.6 Å². The van der Waals surface area contributed by atoms with Crippen molar-refractivity contribution in [2.24, 2.45) is 7.05 Å². The fourth-order valence-electron chi connectivity index (χ4n) is 1.52. The molecule has 0 spiro atoms. The van der Waals surface area contributed by atoms with Crippen molar-refractivity contribution in [3.8, 4) is 6.07 Å². The van der Waals surface area contributed by atoms with Gasteiger partial charge in [0.25, 0.3) is 0 Å². The second kappa shape index (κ2) is 5.36. The molecule has 2 amide bonds. The van der Waals surface area contributed by atoms with Gasteiger partial charge in [-0.2, -0.15) is 10.4 Å². The minimum atomic E-state index is -0.898. The first-order valence-electron chi connectivity index (χ1n) is 5.46. The van der Waals surface area contributed by atoms with Crippen LogP contribution in [0.3, 0.4) is 0 Å².